The van der Waals surface area contributed by atoms with Crippen LogP contribution >= 0.6 is 0 Å². The van der Waals surface area contributed by atoms with Crippen LogP contribution in [0.15, 0.2) is 24.3 Å². The number of hydrogen-bond acceptors (Lipinski definition) is 3. The van der Waals surface area contributed by atoms with E-state index < -0.39 is 0 Å². The molecule has 4 nitrogen and oxygen atoms in total. The van der Waals surface area contributed by atoms with Gasteiger partial charge in [-0.3, -0.25) is 5.32 Å². The van der Waals surface area contributed by atoms with Crippen molar-refractivity contribution in [2.24, 2.45) is 0 Å². The summed E-state index contributed by atoms with van der Waals surface area (Å²) in [6.07, 6.45) is -0.359. The van der Waals surface area contributed by atoms with Gasteiger partial charge in [-0.1, -0.05) is 12.1 Å². The molecule has 1 aromatic rings. The number of carbonyl (C=O) groups is 1. The predicted octanol–water partition coefficient (Wildman–Crippen LogP) is 1.52. The van der Waals surface area contributed by atoms with E-state index in [0.717, 1.165) is 24.3 Å². The highest BCUT2D eigenvalue weighted by atomic mass is 16.6. The molecule has 1 fully saturated rings. The van der Waals surface area contributed by atoms with Crippen molar-refractivity contribution in [2.75, 3.05) is 18.4 Å². The number of aryl methyl sites for hydroxylation is 1. The van der Waals surface area contributed by atoms with Gasteiger partial charge in [-0.15, -0.1) is 0 Å². The molecule has 1 aliphatic heterocycles. The molecular formula is C11H14N2O2. The summed E-state index contributed by atoms with van der Waals surface area (Å²) in [6, 6.07) is 7.62. The van der Waals surface area contributed by atoms with Gasteiger partial charge in [0.2, 0.25) is 0 Å². The van der Waals surface area contributed by atoms with Gasteiger partial charge in [0.1, 0.15) is 6.10 Å². The normalized spacial score (nSPS) is 15.5. The standard InChI is InChI=1S/C11H14N2O2/c1-8-3-2-4-9(5-8)13-11(14)15-10-6-12-7-10/h2-5,10,12H,6-7H2,1H3,(H,13,14). The number of rotatable bonds is 2. The van der Waals surface area contributed by atoms with E-state index in [-0.39, 0.29) is 12.2 Å². The van der Waals surface area contributed by atoms with E-state index in [9.17, 15) is 4.79 Å². The van der Waals surface area contributed by atoms with E-state index >= 15 is 0 Å². The van der Waals surface area contributed by atoms with Crippen molar-refractivity contribution >= 4 is 11.8 Å². The Hall–Kier alpha value is -1.55. The molecule has 0 unspecified atom stereocenters. The molecule has 2 N–H and O–H groups in total. The molecular weight excluding hydrogens is 192 g/mol. The molecule has 0 spiro atoms. The second-order valence-electron chi connectivity index (χ2n) is 3.68. The second kappa shape index (κ2) is 4.31. The molecule has 2 rings (SSSR count). The van der Waals surface area contributed by atoms with Crippen LogP contribution in [0.1, 0.15) is 5.56 Å². The van der Waals surface area contributed by atoms with Crippen molar-refractivity contribution in [2.45, 2.75) is 13.0 Å². The van der Waals surface area contributed by atoms with Gasteiger partial charge in [0.15, 0.2) is 0 Å². The number of carbonyl (C=O) groups excluding carboxylic acids is 1. The van der Waals surface area contributed by atoms with Crippen LogP contribution < -0.4 is 10.6 Å². The third kappa shape index (κ3) is 2.70. The third-order valence-corrected chi connectivity index (χ3v) is 2.28. The highest BCUT2D eigenvalue weighted by molar-refractivity contribution is 5.84. The minimum absolute atomic E-state index is 0.0230. The summed E-state index contributed by atoms with van der Waals surface area (Å²) >= 11 is 0. The molecule has 80 valence electrons. The summed E-state index contributed by atoms with van der Waals surface area (Å²) in [5.74, 6) is 0. The Morgan fingerprint density at radius 3 is 2.93 bits per heavy atom. The molecule has 1 amide bonds. The van der Waals surface area contributed by atoms with Crippen molar-refractivity contribution in [1.29, 1.82) is 0 Å². The monoisotopic (exact) mass is 206 g/mol. The number of amides is 1. The van der Waals surface area contributed by atoms with E-state index in [2.05, 4.69) is 10.6 Å². The summed E-state index contributed by atoms with van der Waals surface area (Å²) in [5.41, 5.74) is 1.88. The van der Waals surface area contributed by atoms with E-state index in [0.29, 0.717) is 0 Å². The van der Waals surface area contributed by atoms with Gasteiger partial charge in [0.05, 0.1) is 0 Å². The fraction of sp³-hybridized carbons (Fsp3) is 0.364. The number of hydrogen-bond donors (Lipinski definition) is 2. The largest absolute Gasteiger partial charge is 0.443 e. The van der Waals surface area contributed by atoms with Crippen LogP contribution in [0, 0.1) is 6.92 Å². The number of benzene rings is 1. The zero-order valence-electron chi connectivity index (χ0n) is 8.62. The maximum absolute atomic E-state index is 11.4. The van der Waals surface area contributed by atoms with Crippen LogP contribution in [0.2, 0.25) is 0 Å². The van der Waals surface area contributed by atoms with Crippen molar-refractivity contribution in [3.8, 4) is 0 Å². The average Bonchev–Trinajstić information content (AvgIpc) is 2.11. The Balaban J connectivity index is 1.87. The Kier molecular flexibility index (Phi) is 2.87. The number of nitrogens with one attached hydrogen (secondary N) is 2. The van der Waals surface area contributed by atoms with Crippen LogP contribution in [-0.4, -0.2) is 25.3 Å². The third-order valence-electron chi connectivity index (χ3n) is 2.28. The molecule has 0 bridgehead atoms. The van der Waals surface area contributed by atoms with Gasteiger partial charge in [-0.05, 0) is 24.6 Å². The summed E-state index contributed by atoms with van der Waals surface area (Å²) in [7, 11) is 0. The van der Waals surface area contributed by atoms with Crippen LogP contribution in [-0.2, 0) is 4.74 Å². The van der Waals surface area contributed by atoms with Gasteiger partial charge in [0.25, 0.3) is 0 Å². The fourth-order valence-corrected chi connectivity index (χ4v) is 1.37. The smallest absolute Gasteiger partial charge is 0.411 e. The molecule has 4 heteroatoms. The zero-order chi connectivity index (χ0) is 10.7. The molecule has 1 saturated heterocycles. The van der Waals surface area contributed by atoms with Gasteiger partial charge in [-0.25, -0.2) is 4.79 Å². The van der Waals surface area contributed by atoms with E-state index in [1.54, 1.807) is 0 Å². The Morgan fingerprint density at radius 1 is 1.53 bits per heavy atom. The molecule has 0 aromatic heterocycles. The van der Waals surface area contributed by atoms with E-state index in [1.165, 1.54) is 0 Å². The summed E-state index contributed by atoms with van der Waals surface area (Å²) in [6.45, 7) is 3.48. The van der Waals surface area contributed by atoms with Gasteiger partial charge < -0.3 is 10.1 Å². The minimum atomic E-state index is -0.382. The van der Waals surface area contributed by atoms with Crippen LogP contribution in [0.3, 0.4) is 0 Å². The lowest BCUT2D eigenvalue weighted by Crippen LogP contribution is -2.49. The van der Waals surface area contributed by atoms with Crippen molar-refractivity contribution in [3.63, 3.8) is 0 Å². The number of anilines is 1. The minimum Gasteiger partial charge on any atom is -0.443 e. The lowest BCUT2D eigenvalue weighted by Gasteiger charge is -2.26. The predicted molar refractivity (Wildman–Crippen MR) is 57.9 cm³/mol. The van der Waals surface area contributed by atoms with Crippen LogP contribution in [0.4, 0.5) is 10.5 Å². The van der Waals surface area contributed by atoms with Crippen molar-refractivity contribution in [1.82, 2.24) is 5.32 Å². The molecule has 1 aromatic carbocycles. The van der Waals surface area contributed by atoms with Gasteiger partial charge >= 0.3 is 6.09 Å². The van der Waals surface area contributed by atoms with Crippen LogP contribution in [0.25, 0.3) is 0 Å². The highest BCUT2D eigenvalue weighted by Crippen LogP contribution is 2.10. The van der Waals surface area contributed by atoms with Crippen LogP contribution in [0.5, 0.6) is 0 Å². The molecule has 0 atom stereocenters. The number of ether oxygens (including phenoxy) is 1. The summed E-state index contributed by atoms with van der Waals surface area (Å²) in [4.78, 5) is 11.4. The Labute approximate surface area is 88.6 Å². The summed E-state index contributed by atoms with van der Waals surface area (Å²) in [5, 5.41) is 5.73. The summed E-state index contributed by atoms with van der Waals surface area (Å²) < 4.78 is 5.12. The lowest BCUT2D eigenvalue weighted by molar-refractivity contribution is 0.0778. The lowest BCUT2D eigenvalue weighted by atomic mass is 10.2. The average molecular weight is 206 g/mol. The van der Waals surface area contributed by atoms with Gasteiger partial charge in [-0.2, -0.15) is 0 Å². The first kappa shape index (κ1) is 9.98. The van der Waals surface area contributed by atoms with Gasteiger partial charge in [0, 0.05) is 18.8 Å². The topological polar surface area (TPSA) is 50.4 Å². The zero-order valence-corrected chi connectivity index (χ0v) is 8.62. The quantitative estimate of drug-likeness (QED) is 0.771. The first-order valence-corrected chi connectivity index (χ1v) is 4.99. The maximum atomic E-state index is 11.4. The van der Waals surface area contributed by atoms with E-state index in [4.69, 9.17) is 4.74 Å². The molecule has 0 radical (unpaired) electrons. The Bertz CT molecular complexity index is 361. The fourth-order valence-electron chi connectivity index (χ4n) is 1.37. The highest BCUT2D eigenvalue weighted by Gasteiger charge is 2.20. The molecule has 0 saturated carbocycles. The first-order chi connectivity index (χ1) is 7.24. The second-order valence-corrected chi connectivity index (χ2v) is 3.68. The van der Waals surface area contributed by atoms with E-state index in [1.807, 2.05) is 31.2 Å². The molecule has 15 heavy (non-hydrogen) atoms. The molecule has 1 heterocycles. The van der Waals surface area contributed by atoms with Crippen molar-refractivity contribution in [3.05, 3.63) is 29.8 Å². The first-order valence-electron chi connectivity index (χ1n) is 4.99. The van der Waals surface area contributed by atoms with Crippen molar-refractivity contribution < 1.29 is 9.53 Å². The molecule has 1 aliphatic rings. The molecule has 0 aliphatic carbocycles. The SMILES string of the molecule is Cc1cccc(NC(=O)OC2CNC2)c1. The maximum Gasteiger partial charge on any atom is 0.411 e. The Morgan fingerprint density at radius 2 is 2.33 bits per heavy atom.